The summed E-state index contributed by atoms with van der Waals surface area (Å²) < 4.78 is 11.2. The summed E-state index contributed by atoms with van der Waals surface area (Å²) in [5, 5.41) is 6.30. The van der Waals surface area contributed by atoms with Crippen molar-refractivity contribution in [1.29, 1.82) is 0 Å². The van der Waals surface area contributed by atoms with Crippen LogP contribution in [0, 0.1) is 5.41 Å². The fourth-order valence-electron chi connectivity index (χ4n) is 2.84. The van der Waals surface area contributed by atoms with E-state index in [1.165, 1.54) is 0 Å². The predicted octanol–water partition coefficient (Wildman–Crippen LogP) is 1.03. The van der Waals surface area contributed by atoms with E-state index in [-0.39, 0.29) is 23.5 Å². The molecular weight excluding hydrogens is 244 g/mol. The minimum atomic E-state index is -0.530. The first kappa shape index (κ1) is 14.8. The van der Waals surface area contributed by atoms with Gasteiger partial charge in [0.1, 0.15) is 6.10 Å². The standard InChI is InChI=1S/C14H26N2O3/c1-13(2)6-5-7-15-11(13)12(17)16-8-10-9-18-14(3,4)19-10/h10-11,15H,5-9H2,1-4H3,(H,16,17). The van der Waals surface area contributed by atoms with Gasteiger partial charge in [-0.2, -0.15) is 0 Å². The van der Waals surface area contributed by atoms with Crippen molar-refractivity contribution in [2.75, 3.05) is 19.7 Å². The number of carbonyl (C=O) groups is 1. The van der Waals surface area contributed by atoms with Crippen molar-refractivity contribution in [3.05, 3.63) is 0 Å². The molecule has 0 aliphatic carbocycles. The van der Waals surface area contributed by atoms with Crippen LogP contribution in [0.2, 0.25) is 0 Å². The Bertz CT molecular complexity index is 342. The summed E-state index contributed by atoms with van der Waals surface area (Å²) >= 11 is 0. The van der Waals surface area contributed by atoms with Gasteiger partial charge in [0.15, 0.2) is 5.79 Å². The van der Waals surface area contributed by atoms with Gasteiger partial charge in [-0.15, -0.1) is 0 Å². The van der Waals surface area contributed by atoms with Crippen LogP contribution >= 0.6 is 0 Å². The predicted molar refractivity (Wildman–Crippen MR) is 72.7 cm³/mol. The highest BCUT2D eigenvalue weighted by molar-refractivity contribution is 5.82. The third-order valence-electron chi connectivity index (χ3n) is 3.96. The number of hydrogen-bond acceptors (Lipinski definition) is 4. The van der Waals surface area contributed by atoms with Crippen molar-refractivity contribution in [3.63, 3.8) is 0 Å². The molecule has 0 aromatic rings. The fourth-order valence-corrected chi connectivity index (χ4v) is 2.84. The number of rotatable bonds is 3. The molecule has 2 aliphatic heterocycles. The largest absolute Gasteiger partial charge is 0.352 e. The van der Waals surface area contributed by atoms with E-state index in [0.717, 1.165) is 19.4 Å². The van der Waals surface area contributed by atoms with Crippen LogP contribution in [0.5, 0.6) is 0 Å². The number of piperidine rings is 1. The first-order valence-electron chi connectivity index (χ1n) is 7.13. The third-order valence-corrected chi connectivity index (χ3v) is 3.96. The van der Waals surface area contributed by atoms with E-state index in [2.05, 4.69) is 24.5 Å². The molecule has 0 aromatic heterocycles. The maximum Gasteiger partial charge on any atom is 0.237 e. The Hall–Kier alpha value is -0.650. The monoisotopic (exact) mass is 270 g/mol. The van der Waals surface area contributed by atoms with Gasteiger partial charge in [0, 0.05) is 6.54 Å². The van der Waals surface area contributed by atoms with Gasteiger partial charge in [-0.25, -0.2) is 0 Å². The van der Waals surface area contributed by atoms with E-state index in [1.54, 1.807) is 0 Å². The van der Waals surface area contributed by atoms with E-state index in [4.69, 9.17) is 9.47 Å². The molecule has 2 unspecified atom stereocenters. The van der Waals surface area contributed by atoms with Gasteiger partial charge in [0.2, 0.25) is 5.91 Å². The molecule has 0 radical (unpaired) electrons. The molecule has 2 fully saturated rings. The quantitative estimate of drug-likeness (QED) is 0.804. The lowest BCUT2D eigenvalue weighted by atomic mass is 9.77. The third kappa shape index (κ3) is 3.68. The highest BCUT2D eigenvalue weighted by Gasteiger charge is 2.38. The lowest BCUT2D eigenvalue weighted by Crippen LogP contribution is -2.56. The molecule has 2 atom stereocenters. The molecule has 0 spiro atoms. The maximum absolute atomic E-state index is 12.3. The number of nitrogens with one attached hydrogen (secondary N) is 2. The molecule has 2 heterocycles. The molecule has 5 heteroatoms. The summed E-state index contributed by atoms with van der Waals surface area (Å²) in [5.41, 5.74) is 0.00857. The molecule has 5 nitrogen and oxygen atoms in total. The molecular formula is C14H26N2O3. The molecule has 2 saturated heterocycles. The van der Waals surface area contributed by atoms with Crippen molar-refractivity contribution in [3.8, 4) is 0 Å². The van der Waals surface area contributed by atoms with Crippen LogP contribution in [0.4, 0.5) is 0 Å². The first-order valence-corrected chi connectivity index (χ1v) is 7.13. The van der Waals surface area contributed by atoms with Crippen molar-refractivity contribution in [2.24, 2.45) is 5.41 Å². The number of ether oxygens (including phenoxy) is 2. The number of carbonyl (C=O) groups excluding carboxylic acids is 1. The van der Waals surface area contributed by atoms with Crippen LogP contribution in [0.15, 0.2) is 0 Å². The molecule has 2 rings (SSSR count). The average molecular weight is 270 g/mol. The van der Waals surface area contributed by atoms with Gasteiger partial charge >= 0.3 is 0 Å². The zero-order valence-electron chi connectivity index (χ0n) is 12.4. The first-order chi connectivity index (χ1) is 8.80. The molecule has 110 valence electrons. The summed E-state index contributed by atoms with van der Waals surface area (Å²) in [6, 6.07) is -0.114. The van der Waals surface area contributed by atoms with E-state index >= 15 is 0 Å². The highest BCUT2D eigenvalue weighted by atomic mass is 16.7. The minimum Gasteiger partial charge on any atom is -0.352 e. The van der Waals surface area contributed by atoms with E-state index in [1.807, 2.05) is 13.8 Å². The molecule has 19 heavy (non-hydrogen) atoms. The summed E-state index contributed by atoms with van der Waals surface area (Å²) in [7, 11) is 0. The van der Waals surface area contributed by atoms with Crippen LogP contribution in [0.1, 0.15) is 40.5 Å². The normalized spacial score (nSPS) is 33.1. The van der Waals surface area contributed by atoms with Crippen LogP contribution in [-0.4, -0.2) is 43.5 Å². The SMILES string of the molecule is CC1(C)OCC(CNC(=O)C2NCCCC2(C)C)O1. The van der Waals surface area contributed by atoms with Crippen LogP contribution in [0.3, 0.4) is 0 Å². The number of hydrogen-bond donors (Lipinski definition) is 2. The lowest BCUT2D eigenvalue weighted by Gasteiger charge is -2.38. The molecule has 2 N–H and O–H groups in total. The van der Waals surface area contributed by atoms with Crippen LogP contribution in [0.25, 0.3) is 0 Å². The van der Waals surface area contributed by atoms with Crippen molar-refractivity contribution >= 4 is 5.91 Å². The highest BCUT2D eigenvalue weighted by Crippen LogP contribution is 2.30. The van der Waals surface area contributed by atoms with E-state index < -0.39 is 5.79 Å². The topological polar surface area (TPSA) is 59.6 Å². The molecule has 0 saturated carbocycles. The van der Waals surface area contributed by atoms with Gasteiger partial charge in [0.05, 0.1) is 12.6 Å². The smallest absolute Gasteiger partial charge is 0.237 e. The van der Waals surface area contributed by atoms with Crippen molar-refractivity contribution in [1.82, 2.24) is 10.6 Å². The lowest BCUT2D eigenvalue weighted by molar-refractivity contribution is -0.140. The number of amides is 1. The summed E-state index contributed by atoms with van der Waals surface area (Å²) in [5.74, 6) is -0.462. The Morgan fingerprint density at radius 3 is 2.68 bits per heavy atom. The molecule has 0 aromatic carbocycles. The van der Waals surface area contributed by atoms with Gasteiger partial charge < -0.3 is 20.1 Å². The maximum atomic E-state index is 12.3. The zero-order valence-corrected chi connectivity index (χ0v) is 12.4. The van der Waals surface area contributed by atoms with E-state index in [9.17, 15) is 4.79 Å². The van der Waals surface area contributed by atoms with Crippen LogP contribution < -0.4 is 10.6 Å². The van der Waals surface area contributed by atoms with E-state index in [0.29, 0.717) is 13.2 Å². The summed E-state index contributed by atoms with van der Waals surface area (Å²) in [6.07, 6.45) is 2.16. The van der Waals surface area contributed by atoms with Gasteiger partial charge in [0.25, 0.3) is 0 Å². The van der Waals surface area contributed by atoms with Gasteiger partial charge in [-0.3, -0.25) is 4.79 Å². The second-order valence-corrected chi connectivity index (χ2v) is 6.68. The summed E-state index contributed by atoms with van der Waals surface area (Å²) in [6.45, 7) is 10.0. The Balaban J connectivity index is 1.81. The van der Waals surface area contributed by atoms with Gasteiger partial charge in [-0.1, -0.05) is 13.8 Å². The van der Waals surface area contributed by atoms with Crippen molar-refractivity contribution in [2.45, 2.75) is 58.5 Å². The molecule has 2 aliphatic rings. The van der Waals surface area contributed by atoms with Crippen LogP contribution in [-0.2, 0) is 14.3 Å². The fraction of sp³-hybridized carbons (Fsp3) is 0.929. The second-order valence-electron chi connectivity index (χ2n) is 6.68. The molecule has 0 bridgehead atoms. The Morgan fingerprint density at radius 2 is 2.11 bits per heavy atom. The minimum absolute atomic E-state index is 0.00857. The zero-order chi connectivity index (χ0) is 14.1. The Labute approximate surface area is 115 Å². The average Bonchev–Trinajstić information content (AvgIpc) is 2.65. The van der Waals surface area contributed by atoms with Crippen molar-refractivity contribution < 1.29 is 14.3 Å². The molecule has 1 amide bonds. The Morgan fingerprint density at radius 1 is 1.37 bits per heavy atom. The Kier molecular flexibility index (Phi) is 4.18. The van der Waals surface area contributed by atoms with Gasteiger partial charge in [-0.05, 0) is 38.6 Å². The summed E-state index contributed by atoms with van der Waals surface area (Å²) in [4.78, 5) is 12.3. The second kappa shape index (κ2) is 5.38.